The lowest BCUT2D eigenvalue weighted by Gasteiger charge is -2.30. The molecule has 1 N–H and O–H groups in total. The van der Waals surface area contributed by atoms with Crippen LogP contribution in [-0.2, 0) is 4.79 Å². The zero-order chi connectivity index (χ0) is 11.7. The Kier molecular flexibility index (Phi) is 4.27. The van der Waals surface area contributed by atoms with Crippen molar-refractivity contribution in [1.82, 2.24) is 5.32 Å². The number of rotatable bonds is 5. The van der Waals surface area contributed by atoms with Crippen LogP contribution in [0.25, 0.3) is 0 Å². The summed E-state index contributed by atoms with van der Waals surface area (Å²) in [7, 11) is 0. The van der Waals surface area contributed by atoms with Gasteiger partial charge in [-0.25, -0.2) is 0 Å². The molecule has 0 aromatic rings. The van der Waals surface area contributed by atoms with Gasteiger partial charge in [0.2, 0.25) is 5.91 Å². The van der Waals surface area contributed by atoms with E-state index in [4.69, 9.17) is 0 Å². The highest BCUT2D eigenvalue weighted by molar-refractivity contribution is 9.09. The lowest BCUT2D eigenvalue weighted by Crippen LogP contribution is -2.51. The van der Waals surface area contributed by atoms with Gasteiger partial charge in [0, 0.05) is 16.6 Å². The number of hydrogen-bond acceptors (Lipinski definition) is 1. The monoisotopic (exact) mass is 339 g/mol. The second-order valence-corrected chi connectivity index (χ2v) is 6.26. The van der Waals surface area contributed by atoms with E-state index >= 15 is 0 Å². The van der Waals surface area contributed by atoms with Crippen molar-refractivity contribution in [3.8, 4) is 0 Å². The molecule has 0 radical (unpaired) electrons. The summed E-state index contributed by atoms with van der Waals surface area (Å²) in [6, 6.07) is 0. The van der Waals surface area contributed by atoms with Crippen LogP contribution in [-0.4, -0.2) is 22.1 Å². The molecule has 15 heavy (non-hydrogen) atoms. The first-order valence-electron chi connectivity index (χ1n) is 5.35. The minimum absolute atomic E-state index is 0.129. The average molecular weight is 341 g/mol. The molecule has 1 saturated carbocycles. The van der Waals surface area contributed by atoms with E-state index in [0.717, 1.165) is 23.5 Å². The van der Waals surface area contributed by atoms with Gasteiger partial charge in [0.25, 0.3) is 0 Å². The third kappa shape index (κ3) is 2.96. The molecule has 1 amide bonds. The molecule has 4 heteroatoms. The predicted octanol–water partition coefficient (Wildman–Crippen LogP) is 3.09. The SMILES string of the molecule is CCC(CBr)(CBr)NC(=O)C1CC1(C)C. The predicted molar refractivity (Wildman–Crippen MR) is 70.6 cm³/mol. The molecule has 1 rings (SSSR count). The van der Waals surface area contributed by atoms with Gasteiger partial charge >= 0.3 is 0 Å². The number of alkyl halides is 2. The highest BCUT2D eigenvalue weighted by atomic mass is 79.9. The van der Waals surface area contributed by atoms with Crippen LogP contribution < -0.4 is 5.32 Å². The highest BCUT2D eigenvalue weighted by Crippen LogP contribution is 2.51. The smallest absolute Gasteiger partial charge is 0.224 e. The summed E-state index contributed by atoms with van der Waals surface area (Å²) in [5.74, 6) is 0.419. The van der Waals surface area contributed by atoms with Crippen molar-refractivity contribution in [3.63, 3.8) is 0 Å². The van der Waals surface area contributed by atoms with Crippen LogP contribution in [0.1, 0.15) is 33.6 Å². The molecule has 1 fully saturated rings. The van der Waals surface area contributed by atoms with Gasteiger partial charge < -0.3 is 5.32 Å². The van der Waals surface area contributed by atoms with Crippen LogP contribution in [0.2, 0.25) is 0 Å². The van der Waals surface area contributed by atoms with Gasteiger partial charge in [-0.05, 0) is 18.3 Å². The molecule has 1 unspecified atom stereocenters. The van der Waals surface area contributed by atoms with Crippen molar-refractivity contribution < 1.29 is 4.79 Å². The molecule has 2 nitrogen and oxygen atoms in total. The molecule has 1 aliphatic rings. The third-order valence-corrected chi connectivity index (χ3v) is 5.55. The van der Waals surface area contributed by atoms with Gasteiger partial charge in [-0.1, -0.05) is 52.6 Å². The molecule has 1 atom stereocenters. The quantitative estimate of drug-likeness (QED) is 0.765. The molecule has 0 spiro atoms. The van der Waals surface area contributed by atoms with Gasteiger partial charge in [0.15, 0.2) is 0 Å². The number of nitrogens with one attached hydrogen (secondary N) is 1. The number of carbonyl (C=O) groups excluding carboxylic acids is 1. The summed E-state index contributed by atoms with van der Waals surface area (Å²) in [5.41, 5.74) is 0.0813. The summed E-state index contributed by atoms with van der Waals surface area (Å²) in [6.07, 6.45) is 1.95. The van der Waals surface area contributed by atoms with Gasteiger partial charge in [-0.15, -0.1) is 0 Å². The first-order chi connectivity index (χ1) is 6.90. The Hall–Kier alpha value is 0.430. The van der Waals surface area contributed by atoms with Crippen molar-refractivity contribution in [2.24, 2.45) is 11.3 Å². The number of carbonyl (C=O) groups is 1. The Morgan fingerprint density at radius 2 is 1.93 bits per heavy atom. The number of hydrogen-bond donors (Lipinski definition) is 1. The third-order valence-electron chi connectivity index (χ3n) is 3.41. The Morgan fingerprint density at radius 3 is 2.20 bits per heavy atom. The lowest BCUT2D eigenvalue weighted by molar-refractivity contribution is -0.124. The summed E-state index contributed by atoms with van der Waals surface area (Å²) in [4.78, 5) is 12.0. The van der Waals surface area contributed by atoms with Crippen molar-refractivity contribution in [2.45, 2.75) is 39.2 Å². The fraction of sp³-hybridized carbons (Fsp3) is 0.909. The lowest BCUT2D eigenvalue weighted by atomic mass is 10.0. The van der Waals surface area contributed by atoms with Crippen LogP contribution in [0, 0.1) is 11.3 Å². The van der Waals surface area contributed by atoms with E-state index in [9.17, 15) is 4.79 Å². The number of amides is 1. The molecule has 88 valence electrons. The molecule has 0 aromatic heterocycles. The Bertz CT molecular complexity index is 241. The van der Waals surface area contributed by atoms with Crippen molar-refractivity contribution in [2.75, 3.05) is 10.7 Å². The second-order valence-electron chi connectivity index (χ2n) is 5.14. The molecular formula is C11H19Br2NO. The minimum Gasteiger partial charge on any atom is -0.349 e. The van der Waals surface area contributed by atoms with Crippen LogP contribution in [0.15, 0.2) is 0 Å². The molecular weight excluding hydrogens is 322 g/mol. The second kappa shape index (κ2) is 4.74. The van der Waals surface area contributed by atoms with Gasteiger partial charge in [-0.2, -0.15) is 0 Å². The van der Waals surface area contributed by atoms with E-state index in [1.54, 1.807) is 0 Å². The zero-order valence-corrected chi connectivity index (χ0v) is 12.7. The maximum atomic E-state index is 12.0. The van der Waals surface area contributed by atoms with Crippen molar-refractivity contribution in [1.29, 1.82) is 0 Å². The number of halogens is 2. The summed E-state index contributed by atoms with van der Waals surface area (Å²) in [5, 5.41) is 4.75. The summed E-state index contributed by atoms with van der Waals surface area (Å²) in [6.45, 7) is 6.39. The molecule has 0 aromatic carbocycles. The maximum absolute atomic E-state index is 12.0. The molecule has 1 aliphatic carbocycles. The van der Waals surface area contributed by atoms with Crippen LogP contribution in [0.3, 0.4) is 0 Å². The normalized spacial score (nSPS) is 23.7. The standard InChI is InChI=1S/C11H19Br2NO/c1-4-11(6-12,7-13)14-9(15)8-5-10(8,2)3/h8H,4-7H2,1-3H3,(H,14,15). The maximum Gasteiger partial charge on any atom is 0.224 e. The molecule has 0 aliphatic heterocycles. The van der Waals surface area contributed by atoms with Crippen LogP contribution in [0.5, 0.6) is 0 Å². The van der Waals surface area contributed by atoms with Gasteiger partial charge in [0.05, 0.1) is 5.54 Å². The molecule has 0 bridgehead atoms. The summed E-state index contributed by atoms with van der Waals surface area (Å²) >= 11 is 6.95. The van der Waals surface area contributed by atoms with E-state index in [1.807, 2.05) is 0 Å². The van der Waals surface area contributed by atoms with Crippen LogP contribution in [0.4, 0.5) is 0 Å². The highest BCUT2D eigenvalue weighted by Gasteiger charge is 2.51. The van der Waals surface area contributed by atoms with E-state index in [-0.39, 0.29) is 22.8 Å². The van der Waals surface area contributed by atoms with E-state index in [1.165, 1.54) is 0 Å². The fourth-order valence-electron chi connectivity index (χ4n) is 1.64. The largest absolute Gasteiger partial charge is 0.349 e. The Labute approximate surface area is 109 Å². The molecule has 0 heterocycles. The van der Waals surface area contributed by atoms with Gasteiger partial charge in [-0.3, -0.25) is 4.79 Å². The fourth-order valence-corrected chi connectivity index (χ4v) is 3.65. The van der Waals surface area contributed by atoms with E-state index in [2.05, 4.69) is 57.9 Å². The van der Waals surface area contributed by atoms with Crippen molar-refractivity contribution >= 4 is 37.8 Å². The molecule has 0 saturated heterocycles. The summed E-state index contributed by atoms with van der Waals surface area (Å²) < 4.78 is 0. The topological polar surface area (TPSA) is 29.1 Å². The van der Waals surface area contributed by atoms with E-state index in [0.29, 0.717) is 0 Å². The minimum atomic E-state index is -0.129. The first kappa shape index (κ1) is 13.5. The Balaban J connectivity index is 2.56. The van der Waals surface area contributed by atoms with Gasteiger partial charge in [0.1, 0.15) is 0 Å². The Morgan fingerprint density at radius 1 is 1.47 bits per heavy atom. The average Bonchev–Trinajstić information content (AvgIpc) is 2.84. The van der Waals surface area contributed by atoms with E-state index < -0.39 is 0 Å². The first-order valence-corrected chi connectivity index (χ1v) is 7.59. The van der Waals surface area contributed by atoms with Crippen molar-refractivity contribution in [3.05, 3.63) is 0 Å². The zero-order valence-electron chi connectivity index (χ0n) is 9.57. The van der Waals surface area contributed by atoms with Crippen LogP contribution >= 0.6 is 31.9 Å².